The van der Waals surface area contributed by atoms with E-state index in [1.807, 2.05) is 0 Å². The topological polar surface area (TPSA) is 70.2 Å². The van der Waals surface area contributed by atoms with Gasteiger partial charge in [-0.25, -0.2) is 8.42 Å². The Morgan fingerprint density at radius 2 is 2.08 bits per heavy atom. The summed E-state index contributed by atoms with van der Waals surface area (Å²) in [7, 11) is -2.67. The summed E-state index contributed by atoms with van der Waals surface area (Å²) in [5.41, 5.74) is 0.620. The zero-order chi connectivity index (χ0) is 9.42. The molecular weight excluding hydrogens is 190 g/mol. The molecule has 0 aliphatic rings. The molecule has 0 atom stereocenters. The molecular formula is C8H7NO3S. The Hall–Kier alpha value is -1.49. The number of fused-ring (bicyclic) bond motifs is 1. The summed E-state index contributed by atoms with van der Waals surface area (Å²) in [6, 6.07) is 4.79. The molecule has 0 radical (unpaired) electrons. The highest BCUT2D eigenvalue weighted by Crippen LogP contribution is 2.28. The molecule has 4 nitrogen and oxygen atoms in total. The summed E-state index contributed by atoms with van der Waals surface area (Å²) in [4.78, 5) is 2.91. The molecule has 0 bridgehead atoms. The second-order valence-corrected chi connectivity index (χ2v) is 3.63. The van der Waals surface area contributed by atoms with Gasteiger partial charge in [0.1, 0.15) is 5.75 Å². The number of aromatic hydroxyl groups is 1. The van der Waals surface area contributed by atoms with E-state index in [-0.39, 0.29) is 10.6 Å². The van der Waals surface area contributed by atoms with Crippen LogP contribution in [-0.2, 0) is 10.7 Å². The molecule has 0 amide bonds. The Morgan fingerprint density at radius 1 is 1.31 bits per heavy atom. The highest BCUT2D eigenvalue weighted by molar-refractivity contribution is 7.72. The van der Waals surface area contributed by atoms with E-state index in [1.54, 1.807) is 12.1 Å². The van der Waals surface area contributed by atoms with Crippen LogP contribution < -0.4 is 0 Å². The van der Waals surface area contributed by atoms with E-state index in [2.05, 4.69) is 4.98 Å². The number of H-pyrrole nitrogens is 1. The van der Waals surface area contributed by atoms with Crippen LogP contribution in [0.25, 0.3) is 10.9 Å². The maximum absolute atomic E-state index is 10.8. The summed E-state index contributed by atoms with van der Waals surface area (Å²) >= 11 is 0. The molecule has 0 fully saturated rings. The number of nitrogens with one attached hydrogen (secondary N) is 1. The van der Waals surface area contributed by atoms with Crippen molar-refractivity contribution >= 4 is 21.6 Å². The third kappa shape index (κ3) is 1.17. The number of rotatable bonds is 1. The van der Waals surface area contributed by atoms with Crippen LogP contribution in [0.2, 0.25) is 0 Å². The van der Waals surface area contributed by atoms with Crippen molar-refractivity contribution in [3.8, 4) is 5.75 Å². The van der Waals surface area contributed by atoms with Crippen molar-refractivity contribution in [2.24, 2.45) is 0 Å². The van der Waals surface area contributed by atoms with Crippen LogP contribution >= 0.6 is 0 Å². The highest BCUT2D eigenvalue weighted by atomic mass is 32.2. The molecule has 0 aliphatic carbocycles. The summed E-state index contributed by atoms with van der Waals surface area (Å²) in [5.74, 6) is -0.0372. The molecule has 0 saturated heterocycles. The molecule has 2 aromatic rings. The van der Waals surface area contributed by atoms with Gasteiger partial charge in [0.2, 0.25) is 0 Å². The standard InChI is InChI=1S/C8H7NO3S/c10-6-4-9-5-2-1-3-7(8(5)6)13(11)12/h1-4,9-10,13H. The quantitative estimate of drug-likeness (QED) is 0.593. The normalized spacial score (nSPS) is 11.2. The van der Waals surface area contributed by atoms with E-state index >= 15 is 0 Å². The Balaban J connectivity index is 2.96. The van der Waals surface area contributed by atoms with Crippen LogP contribution in [0.3, 0.4) is 0 Å². The smallest absolute Gasteiger partial charge is 0.169 e. The fourth-order valence-corrected chi connectivity index (χ4v) is 1.93. The van der Waals surface area contributed by atoms with Gasteiger partial charge in [0.05, 0.1) is 15.8 Å². The van der Waals surface area contributed by atoms with Gasteiger partial charge in [-0.2, -0.15) is 0 Å². The number of benzene rings is 1. The fraction of sp³-hybridized carbons (Fsp3) is 0. The van der Waals surface area contributed by atoms with Gasteiger partial charge >= 0.3 is 0 Å². The maximum atomic E-state index is 10.8. The van der Waals surface area contributed by atoms with Crippen LogP contribution in [0.5, 0.6) is 5.75 Å². The summed E-state index contributed by atoms with van der Waals surface area (Å²) < 4.78 is 21.6. The van der Waals surface area contributed by atoms with Crippen LogP contribution in [-0.4, -0.2) is 18.5 Å². The van der Waals surface area contributed by atoms with Gasteiger partial charge in [0.25, 0.3) is 0 Å². The van der Waals surface area contributed by atoms with Crippen molar-refractivity contribution < 1.29 is 13.5 Å². The lowest BCUT2D eigenvalue weighted by molar-refractivity contribution is 0.480. The number of thiol groups is 1. The highest BCUT2D eigenvalue weighted by Gasteiger charge is 2.08. The summed E-state index contributed by atoms with van der Waals surface area (Å²) in [6.45, 7) is 0. The average molecular weight is 197 g/mol. The van der Waals surface area contributed by atoms with Gasteiger partial charge in [0.15, 0.2) is 10.7 Å². The lowest BCUT2D eigenvalue weighted by atomic mass is 10.2. The Labute approximate surface area is 75.8 Å². The fourth-order valence-electron chi connectivity index (χ4n) is 1.30. The third-order valence-electron chi connectivity index (χ3n) is 1.86. The molecule has 68 valence electrons. The van der Waals surface area contributed by atoms with Gasteiger partial charge in [-0.15, -0.1) is 0 Å². The van der Waals surface area contributed by atoms with Crippen molar-refractivity contribution in [2.45, 2.75) is 4.90 Å². The number of hydrogen-bond donors (Lipinski definition) is 3. The second-order valence-electron chi connectivity index (χ2n) is 2.63. The lowest BCUT2D eigenvalue weighted by Gasteiger charge is -1.94. The van der Waals surface area contributed by atoms with E-state index < -0.39 is 10.7 Å². The molecule has 2 rings (SSSR count). The van der Waals surface area contributed by atoms with Gasteiger partial charge in [-0.3, -0.25) is 0 Å². The zero-order valence-corrected chi connectivity index (χ0v) is 7.41. The van der Waals surface area contributed by atoms with Crippen LogP contribution in [0.15, 0.2) is 29.3 Å². The van der Waals surface area contributed by atoms with E-state index in [0.29, 0.717) is 10.9 Å². The average Bonchev–Trinajstić information content (AvgIpc) is 2.48. The van der Waals surface area contributed by atoms with Gasteiger partial charge < -0.3 is 10.1 Å². The largest absolute Gasteiger partial charge is 0.506 e. The van der Waals surface area contributed by atoms with Crippen LogP contribution in [0, 0.1) is 0 Å². The molecule has 0 aliphatic heterocycles. The minimum absolute atomic E-state index is 0.0372. The molecule has 5 heteroatoms. The van der Waals surface area contributed by atoms with Crippen molar-refractivity contribution in [3.63, 3.8) is 0 Å². The third-order valence-corrected chi connectivity index (χ3v) is 2.63. The van der Waals surface area contributed by atoms with E-state index in [0.717, 1.165) is 0 Å². The maximum Gasteiger partial charge on any atom is 0.169 e. The SMILES string of the molecule is O=[SH](=O)c1cccc2[nH]cc(O)c12. The van der Waals surface area contributed by atoms with Crippen molar-refractivity contribution in [3.05, 3.63) is 24.4 Å². The molecule has 0 unspecified atom stereocenters. The molecule has 0 spiro atoms. The first kappa shape index (κ1) is 8.12. The Morgan fingerprint density at radius 3 is 2.77 bits per heavy atom. The first-order valence-electron chi connectivity index (χ1n) is 3.63. The van der Waals surface area contributed by atoms with Crippen molar-refractivity contribution in [2.75, 3.05) is 0 Å². The molecule has 13 heavy (non-hydrogen) atoms. The Kier molecular flexibility index (Phi) is 1.73. The first-order valence-corrected chi connectivity index (χ1v) is 4.81. The molecule has 2 N–H and O–H groups in total. The van der Waals surface area contributed by atoms with E-state index in [9.17, 15) is 13.5 Å². The summed E-state index contributed by atoms with van der Waals surface area (Å²) in [5, 5.41) is 9.70. The molecule has 0 saturated carbocycles. The Bertz CT molecular complexity index is 519. The minimum Gasteiger partial charge on any atom is -0.506 e. The molecule has 1 aromatic heterocycles. The summed E-state index contributed by atoms with van der Waals surface area (Å²) in [6.07, 6.45) is 1.37. The molecule has 1 aromatic carbocycles. The zero-order valence-electron chi connectivity index (χ0n) is 6.52. The van der Waals surface area contributed by atoms with Crippen LogP contribution in [0.4, 0.5) is 0 Å². The van der Waals surface area contributed by atoms with Gasteiger partial charge in [-0.1, -0.05) is 6.07 Å². The van der Waals surface area contributed by atoms with Crippen molar-refractivity contribution in [1.82, 2.24) is 4.98 Å². The van der Waals surface area contributed by atoms with E-state index in [4.69, 9.17) is 0 Å². The van der Waals surface area contributed by atoms with Gasteiger partial charge in [-0.05, 0) is 12.1 Å². The van der Waals surface area contributed by atoms with E-state index in [1.165, 1.54) is 12.3 Å². The predicted octanol–water partition coefficient (Wildman–Crippen LogP) is 0.844. The number of aromatic nitrogens is 1. The second kappa shape index (κ2) is 2.77. The first-order chi connectivity index (χ1) is 6.20. The van der Waals surface area contributed by atoms with Crippen LogP contribution in [0.1, 0.15) is 0 Å². The minimum atomic E-state index is -2.67. The van der Waals surface area contributed by atoms with Gasteiger partial charge in [0, 0.05) is 6.20 Å². The number of hydrogen-bond acceptors (Lipinski definition) is 3. The molecule has 1 heterocycles. The van der Waals surface area contributed by atoms with Crippen molar-refractivity contribution in [1.29, 1.82) is 0 Å². The lowest BCUT2D eigenvalue weighted by Crippen LogP contribution is -1.80. The monoisotopic (exact) mass is 197 g/mol. The predicted molar refractivity (Wildman–Crippen MR) is 48.5 cm³/mol. The number of aromatic amines is 1.